The van der Waals surface area contributed by atoms with E-state index in [2.05, 4.69) is 27.0 Å². The molecule has 0 aromatic rings. The van der Waals surface area contributed by atoms with E-state index in [1.807, 2.05) is 11.4 Å². The third kappa shape index (κ3) is 4.77. The normalized spacial score (nSPS) is 11.3. The molecule has 0 saturated heterocycles. The minimum atomic E-state index is -1.77. The Balaban J connectivity index is 4.07. The van der Waals surface area contributed by atoms with Crippen LogP contribution in [0.25, 0.3) is 0 Å². The topological polar surface area (TPSA) is 9.23 Å². The lowest BCUT2D eigenvalue weighted by atomic mass is 10.4. The average molecular weight is 212 g/mol. The van der Waals surface area contributed by atoms with Crippen LogP contribution in [0.1, 0.15) is 39.5 Å². The SMILES string of the molecule is C=C[Si](C=C)(CCCC)OCCCC. The Hall–Kier alpha value is -0.343. The average Bonchev–Trinajstić information content (AvgIpc) is 2.24. The van der Waals surface area contributed by atoms with Crippen molar-refractivity contribution in [3.05, 3.63) is 24.6 Å². The molecule has 0 bridgehead atoms. The Morgan fingerprint density at radius 2 is 1.64 bits per heavy atom. The number of hydrogen-bond acceptors (Lipinski definition) is 1. The molecule has 82 valence electrons. The highest BCUT2D eigenvalue weighted by molar-refractivity contribution is 6.83. The molecule has 0 spiro atoms. The van der Waals surface area contributed by atoms with Crippen LogP contribution in [-0.2, 0) is 4.43 Å². The Kier molecular flexibility index (Phi) is 7.81. The van der Waals surface area contributed by atoms with Gasteiger partial charge in [-0.2, -0.15) is 0 Å². The third-order valence-corrected chi connectivity index (χ3v) is 5.74. The van der Waals surface area contributed by atoms with Crippen molar-refractivity contribution >= 4 is 8.32 Å². The summed E-state index contributed by atoms with van der Waals surface area (Å²) in [5.74, 6) is 0. The lowest BCUT2D eigenvalue weighted by molar-refractivity contribution is 0.304. The summed E-state index contributed by atoms with van der Waals surface area (Å²) < 4.78 is 5.97. The summed E-state index contributed by atoms with van der Waals surface area (Å²) in [5.41, 5.74) is 4.04. The van der Waals surface area contributed by atoms with Crippen LogP contribution in [0.5, 0.6) is 0 Å². The molecule has 0 radical (unpaired) electrons. The van der Waals surface area contributed by atoms with E-state index >= 15 is 0 Å². The Morgan fingerprint density at radius 1 is 1.07 bits per heavy atom. The molecule has 1 nitrogen and oxygen atoms in total. The zero-order valence-corrected chi connectivity index (χ0v) is 10.7. The zero-order chi connectivity index (χ0) is 10.9. The molecule has 2 heteroatoms. The molecule has 14 heavy (non-hydrogen) atoms. The van der Waals surface area contributed by atoms with Crippen molar-refractivity contribution in [3.8, 4) is 0 Å². The van der Waals surface area contributed by atoms with Gasteiger partial charge in [-0.05, 0) is 12.5 Å². The van der Waals surface area contributed by atoms with Crippen molar-refractivity contribution in [2.45, 2.75) is 45.6 Å². The van der Waals surface area contributed by atoms with E-state index in [4.69, 9.17) is 4.43 Å². The second kappa shape index (κ2) is 8.01. The monoisotopic (exact) mass is 212 g/mol. The fourth-order valence-corrected chi connectivity index (χ4v) is 3.72. The molecule has 0 fully saturated rings. The second-order valence-corrected chi connectivity index (χ2v) is 7.18. The van der Waals surface area contributed by atoms with Crippen molar-refractivity contribution in [1.82, 2.24) is 0 Å². The van der Waals surface area contributed by atoms with Gasteiger partial charge in [-0.1, -0.05) is 44.5 Å². The maximum atomic E-state index is 5.97. The number of hydrogen-bond donors (Lipinski definition) is 0. The van der Waals surface area contributed by atoms with Crippen molar-refractivity contribution < 1.29 is 4.43 Å². The minimum absolute atomic E-state index is 0.866. The highest BCUT2D eigenvalue weighted by Crippen LogP contribution is 2.18. The Morgan fingerprint density at radius 3 is 2.07 bits per heavy atom. The van der Waals surface area contributed by atoms with Crippen molar-refractivity contribution in [2.24, 2.45) is 0 Å². The van der Waals surface area contributed by atoms with E-state index in [0.29, 0.717) is 0 Å². The Bertz CT molecular complexity index is 158. The van der Waals surface area contributed by atoms with Gasteiger partial charge in [0.05, 0.1) is 0 Å². The van der Waals surface area contributed by atoms with Gasteiger partial charge < -0.3 is 4.43 Å². The summed E-state index contributed by atoms with van der Waals surface area (Å²) in [4.78, 5) is 0. The van der Waals surface area contributed by atoms with Crippen molar-refractivity contribution in [1.29, 1.82) is 0 Å². The van der Waals surface area contributed by atoms with Crippen LogP contribution in [-0.4, -0.2) is 14.9 Å². The molecular weight excluding hydrogens is 188 g/mol. The molecule has 0 saturated carbocycles. The maximum absolute atomic E-state index is 5.97. The van der Waals surface area contributed by atoms with Crippen molar-refractivity contribution in [3.63, 3.8) is 0 Å². The highest BCUT2D eigenvalue weighted by atomic mass is 28.4. The largest absolute Gasteiger partial charge is 0.409 e. The quantitative estimate of drug-likeness (QED) is 0.415. The first-order chi connectivity index (χ1) is 6.74. The van der Waals surface area contributed by atoms with Crippen LogP contribution in [0.3, 0.4) is 0 Å². The molecule has 0 atom stereocenters. The van der Waals surface area contributed by atoms with Crippen LogP contribution in [0.2, 0.25) is 6.04 Å². The van der Waals surface area contributed by atoms with Crippen LogP contribution in [0, 0.1) is 0 Å². The van der Waals surface area contributed by atoms with Crippen LogP contribution < -0.4 is 0 Å². The Labute approximate surface area is 90.0 Å². The van der Waals surface area contributed by atoms with Crippen molar-refractivity contribution in [2.75, 3.05) is 6.61 Å². The lowest BCUT2D eigenvalue weighted by Crippen LogP contribution is -2.34. The van der Waals surface area contributed by atoms with Crippen LogP contribution >= 0.6 is 0 Å². The minimum Gasteiger partial charge on any atom is -0.409 e. The van der Waals surface area contributed by atoms with E-state index in [9.17, 15) is 0 Å². The van der Waals surface area contributed by atoms with E-state index < -0.39 is 8.32 Å². The zero-order valence-electron chi connectivity index (χ0n) is 9.72. The molecule has 0 unspecified atom stereocenters. The summed E-state index contributed by atoms with van der Waals surface area (Å²) in [6.07, 6.45) is 4.76. The first-order valence-electron chi connectivity index (χ1n) is 5.65. The smallest absolute Gasteiger partial charge is 0.240 e. The molecule has 0 amide bonds. The molecule has 0 heterocycles. The van der Waals surface area contributed by atoms with E-state index in [1.54, 1.807) is 0 Å². The van der Waals surface area contributed by atoms with Crippen LogP contribution in [0.15, 0.2) is 24.6 Å². The van der Waals surface area contributed by atoms with Gasteiger partial charge in [0.15, 0.2) is 0 Å². The molecule has 0 aliphatic heterocycles. The summed E-state index contributed by atoms with van der Waals surface area (Å²) in [6, 6.07) is 1.14. The first kappa shape index (κ1) is 13.7. The molecule has 0 aromatic heterocycles. The van der Waals surface area contributed by atoms with Gasteiger partial charge in [0.1, 0.15) is 0 Å². The molecule has 0 rings (SSSR count). The molecule has 0 aromatic carbocycles. The second-order valence-electron chi connectivity index (χ2n) is 3.67. The summed E-state index contributed by atoms with van der Waals surface area (Å²) >= 11 is 0. The summed E-state index contributed by atoms with van der Waals surface area (Å²) in [7, 11) is -1.77. The standard InChI is InChI=1S/C12H24OSi/c1-5-9-11-13-14(7-3,8-4)12-10-6-2/h7-8H,3-6,9-12H2,1-2H3. The van der Waals surface area contributed by atoms with Gasteiger partial charge in [-0.3, -0.25) is 0 Å². The predicted molar refractivity (Wildman–Crippen MR) is 66.7 cm³/mol. The summed E-state index contributed by atoms with van der Waals surface area (Å²) in [5, 5.41) is 0. The van der Waals surface area contributed by atoms with E-state index in [-0.39, 0.29) is 0 Å². The van der Waals surface area contributed by atoms with E-state index in [0.717, 1.165) is 19.1 Å². The first-order valence-corrected chi connectivity index (χ1v) is 7.92. The lowest BCUT2D eigenvalue weighted by Gasteiger charge is -2.24. The maximum Gasteiger partial charge on any atom is 0.240 e. The predicted octanol–water partition coefficient (Wildman–Crippen LogP) is 4.00. The molecule has 0 N–H and O–H groups in total. The highest BCUT2D eigenvalue weighted by Gasteiger charge is 2.26. The van der Waals surface area contributed by atoms with Gasteiger partial charge >= 0.3 is 0 Å². The van der Waals surface area contributed by atoms with Gasteiger partial charge in [0.25, 0.3) is 0 Å². The number of unbranched alkanes of at least 4 members (excludes halogenated alkanes) is 2. The summed E-state index contributed by atoms with van der Waals surface area (Å²) in [6.45, 7) is 13.1. The fraction of sp³-hybridized carbons (Fsp3) is 0.667. The van der Waals surface area contributed by atoms with Gasteiger partial charge in [0.2, 0.25) is 8.32 Å². The van der Waals surface area contributed by atoms with Crippen LogP contribution in [0.4, 0.5) is 0 Å². The third-order valence-electron chi connectivity index (χ3n) is 2.48. The molecule has 0 aliphatic rings. The van der Waals surface area contributed by atoms with Gasteiger partial charge in [-0.25, -0.2) is 0 Å². The molecular formula is C12H24OSi. The molecule has 0 aliphatic carbocycles. The van der Waals surface area contributed by atoms with E-state index in [1.165, 1.54) is 19.3 Å². The van der Waals surface area contributed by atoms with Gasteiger partial charge in [0, 0.05) is 6.61 Å². The fourth-order valence-electron chi connectivity index (χ4n) is 1.34. The van der Waals surface area contributed by atoms with Gasteiger partial charge in [-0.15, -0.1) is 13.2 Å². The number of rotatable bonds is 9.